The van der Waals surface area contributed by atoms with E-state index in [1.54, 1.807) is 6.92 Å². The summed E-state index contributed by atoms with van der Waals surface area (Å²) in [5.41, 5.74) is -3.03. The van der Waals surface area contributed by atoms with Crippen LogP contribution in [0.1, 0.15) is 66.7 Å². The summed E-state index contributed by atoms with van der Waals surface area (Å²) in [4.78, 5) is 0. The van der Waals surface area contributed by atoms with Gasteiger partial charge in [-0.15, -0.1) is 0 Å². The minimum Gasteiger partial charge on any atom is -0.393 e. The van der Waals surface area contributed by atoms with Crippen LogP contribution in [0.3, 0.4) is 0 Å². The van der Waals surface area contributed by atoms with Gasteiger partial charge in [-0.2, -0.15) is 15.8 Å². The smallest absolute Gasteiger partial charge is 0.0807 e. The van der Waals surface area contributed by atoms with Crippen molar-refractivity contribution < 1.29 is 14.9 Å². The lowest BCUT2D eigenvalue weighted by Gasteiger charge is -2.58. The predicted molar refractivity (Wildman–Crippen MR) is 106 cm³/mol. The van der Waals surface area contributed by atoms with Crippen molar-refractivity contribution in [3.8, 4) is 18.2 Å². The summed E-state index contributed by atoms with van der Waals surface area (Å²) in [7, 11) is 0. The highest BCUT2D eigenvalue weighted by Crippen LogP contribution is 2.60. The third-order valence-corrected chi connectivity index (χ3v) is 8.36. The molecule has 0 aromatic rings. The molecule has 2 saturated carbocycles. The summed E-state index contributed by atoms with van der Waals surface area (Å²) < 4.78 is 6.46. The second-order valence-electron chi connectivity index (χ2n) is 10.8. The monoisotopic (exact) mass is 399 g/mol. The van der Waals surface area contributed by atoms with Crippen molar-refractivity contribution in [1.29, 1.82) is 15.8 Å². The number of nitriles is 3. The van der Waals surface area contributed by atoms with Crippen LogP contribution in [0.4, 0.5) is 0 Å². The van der Waals surface area contributed by atoms with Gasteiger partial charge in [0.05, 0.1) is 58.4 Å². The van der Waals surface area contributed by atoms with Crippen LogP contribution in [0.2, 0.25) is 0 Å². The van der Waals surface area contributed by atoms with E-state index in [4.69, 9.17) is 4.74 Å². The molecule has 3 aliphatic rings. The zero-order valence-electron chi connectivity index (χ0n) is 18.1. The van der Waals surface area contributed by atoms with Crippen LogP contribution in [0, 0.1) is 68.0 Å². The van der Waals surface area contributed by atoms with Crippen molar-refractivity contribution in [2.75, 3.05) is 0 Å². The van der Waals surface area contributed by atoms with Gasteiger partial charge < -0.3 is 14.9 Å². The first-order valence-electron chi connectivity index (χ1n) is 10.7. The number of hydrogen-bond acceptors (Lipinski definition) is 6. The van der Waals surface area contributed by atoms with Crippen molar-refractivity contribution in [3.63, 3.8) is 0 Å². The number of ether oxygens (including phenoxy) is 1. The summed E-state index contributed by atoms with van der Waals surface area (Å²) in [6, 6.07) is 7.02. The quantitative estimate of drug-likeness (QED) is 0.735. The van der Waals surface area contributed by atoms with Crippen molar-refractivity contribution in [1.82, 2.24) is 0 Å². The molecule has 2 N–H and O–H groups in total. The first-order valence-corrected chi connectivity index (χ1v) is 10.7. The number of aliphatic hydroxyl groups excluding tert-OH is 2. The van der Waals surface area contributed by atoms with Gasteiger partial charge in [0, 0.05) is 5.92 Å². The number of nitrogens with zero attached hydrogens (tertiary/aromatic N) is 3. The first-order chi connectivity index (χ1) is 13.4. The molecule has 29 heavy (non-hydrogen) atoms. The highest BCUT2D eigenvalue weighted by atomic mass is 16.5. The summed E-state index contributed by atoms with van der Waals surface area (Å²) in [5.74, 6) is -0.909. The Labute approximate surface area is 174 Å². The average molecular weight is 400 g/mol. The van der Waals surface area contributed by atoms with E-state index in [0.29, 0.717) is 32.1 Å². The van der Waals surface area contributed by atoms with E-state index in [2.05, 4.69) is 18.2 Å². The summed E-state index contributed by atoms with van der Waals surface area (Å²) in [6.07, 6.45) is 0.904. The molecule has 3 fully saturated rings. The molecule has 1 saturated heterocycles. The summed E-state index contributed by atoms with van der Waals surface area (Å²) in [6.45, 7) is 9.32. The lowest BCUT2D eigenvalue weighted by Crippen LogP contribution is -2.63. The largest absolute Gasteiger partial charge is 0.393 e. The first kappa shape index (κ1) is 22.0. The van der Waals surface area contributed by atoms with E-state index in [1.807, 2.05) is 27.7 Å². The van der Waals surface area contributed by atoms with Gasteiger partial charge in [0.25, 0.3) is 0 Å². The van der Waals surface area contributed by atoms with E-state index >= 15 is 0 Å². The molecule has 0 radical (unpaired) electrons. The van der Waals surface area contributed by atoms with E-state index in [1.165, 1.54) is 0 Å². The van der Waals surface area contributed by atoms with E-state index < -0.39 is 45.9 Å². The molecule has 0 amide bonds. The summed E-state index contributed by atoms with van der Waals surface area (Å²) in [5, 5.41) is 51.7. The normalized spacial score (nSPS) is 50.1. The molecular weight excluding hydrogens is 366 g/mol. The molecular formula is C23H33N3O3. The Morgan fingerprint density at radius 1 is 0.966 bits per heavy atom. The van der Waals surface area contributed by atoms with Crippen LogP contribution in [0.5, 0.6) is 0 Å². The van der Waals surface area contributed by atoms with Crippen molar-refractivity contribution in [2.45, 2.75) is 90.6 Å². The SMILES string of the molecule is CC(C)(C#N)C1CCC(C)(C2C(O)CC(C)(C#N)C3CCC(C)(C#N)C(O)C32)O1. The fraction of sp³-hybridized carbons (Fsp3) is 0.870. The molecule has 0 aromatic heterocycles. The predicted octanol–water partition coefficient (Wildman–Crippen LogP) is 3.30. The van der Waals surface area contributed by atoms with Gasteiger partial charge in [0.1, 0.15) is 0 Å². The molecule has 1 heterocycles. The highest BCUT2D eigenvalue weighted by Gasteiger charge is 2.64. The molecule has 6 nitrogen and oxygen atoms in total. The second-order valence-corrected chi connectivity index (χ2v) is 10.8. The fourth-order valence-electron chi connectivity index (χ4n) is 6.35. The molecule has 9 unspecified atom stereocenters. The molecule has 2 aliphatic carbocycles. The maximum Gasteiger partial charge on any atom is 0.0807 e. The van der Waals surface area contributed by atoms with Crippen LogP contribution in [-0.2, 0) is 4.74 Å². The van der Waals surface area contributed by atoms with Gasteiger partial charge in [0.2, 0.25) is 0 Å². The minimum atomic E-state index is -0.942. The van der Waals surface area contributed by atoms with Crippen molar-refractivity contribution in [2.24, 2.45) is 34.0 Å². The van der Waals surface area contributed by atoms with Crippen molar-refractivity contribution in [3.05, 3.63) is 0 Å². The third kappa shape index (κ3) is 3.25. The Hall–Kier alpha value is -1.65. The van der Waals surface area contributed by atoms with Crippen LogP contribution in [-0.4, -0.2) is 34.1 Å². The molecule has 9 atom stereocenters. The van der Waals surface area contributed by atoms with E-state index in [-0.39, 0.29) is 12.0 Å². The van der Waals surface area contributed by atoms with Crippen LogP contribution < -0.4 is 0 Å². The van der Waals surface area contributed by atoms with E-state index in [0.717, 1.165) is 0 Å². The Kier molecular flexibility index (Phi) is 5.29. The van der Waals surface area contributed by atoms with Gasteiger partial charge >= 0.3 is 0 Å². The van der Waals surface area contributed by atoms with Gasteiger partial charge in [-0.3, -0.25) is 0 Å². The van der Waals surface area contributed by atoms with Crippen LogP contribution >= 0.6 is 0 Å². The zero-order chi connectivity index (χ0) is 21.8. The fourth-order valence-corrected chi connectivity index (χ4v) is 6.35. The number of rotatable bonds is 2. The van der Waals surface area contributed by atoms with E-state index in [9.17, 15) is 26.0 Å². The maximum absolute atomic E-state index is 11.3. The van der Waals surface area contributed by atoms with Crippen molar-refractivity contribution >= 4 is 0 Å². The van der Waals surface area contributed by atoms with Gasteiger partial charge in [-0.25, -0.2) is 0 Å². The average Bonchev–Trinajstić information content (AvgIpc) is 3.08. The minimum absolute atomic E-state index is 0.110. The molecule has 6 heteroatoms. The second kappa shape index (κ2) is 6.95. The molecule has 158 valence electrons. The highest BCUT2D eigenvalue weighted by molar-refractivity contribution is 5.19. The number of fused-ring (bicyclic) bond motifs is 1. The summed E-state index contributed by atoms with van der Waals surface area (Å²) >= 11 is 0. The lowest BCUT2D eigenvalue weighted by atomic mass is 9.47. The Morgan fingerprint density at radius 3 is 2.14 bits per heavy atom. The Morgan fingerprint density at radius 2 is 1.59 bits per heavy atom. The number of hydrogen-bond donors (Lipinski definition) is 2. The van der Waals surface area contributed by atoms with Crippen LogP contribution in [0.25, 0.3) is 0 Å². The van der Waals surface area contributed by atoms with Gasteiger partial charge in [-0.1, -0.05) is 0 Å². The molecule has 0 bridgehead atoms. The Balaban J connectivity index is 2.03. The molecule has 0 aromatic carbocycles. The van der Waals surface area contributed by atoms with Crippen LogP contribution in [0.15, 0.2) is 0 Å². The Bertz CT molecular complexity index is 793. The van der Waals surface area contributed by atoms with Gasteiger partial charge in [0.15, 0.2) is 0 Å². The lowest BCUT2D eigenvalue weighted by molar-refractivity contribution is -0.212. The number of aliphatic hydroxyl groups is 2. The molecule has 3 rings (SSSR count). The zero-order valence-corrected chi connectivity index (χ0v) is 18.1. The topological polar surface area (TPSA) is 121 Å². The molecule has 0 spiro atoms. The standard InChI is InChI=1S/C23H33N3O3/c1-20(2,11-24)16-7-9-23(5,29-16)18-15(27)10-22(4,13-26)14-6-8-21(3,12-25)19(28)17(14)18/h14-19,27-28H,6-10H2,1-5H3. The molecule has 1 aliphatic heterocycles. The third-order valence-electron chi connectivity index (χ3n) is 8.36. The van der Waals surface area contributed by atoms with Gasteiger partial charge in [-0.05, 0) is 78.6 Å². The maximum atomic E-state index is 11.3.